The summed E-state index contributed by atoms with van der Waals surface area (Å²) in [5.74, 6) is -6.10. The lowest BCUT2D eigenvalue weighted by Gasteiger charge is -2.35. The molecular formula is C21H12F6O7. The van der Waals surface area contributed by atoms with Gasteiger partial charge in [0.1, 0.15) is 12.2 Å². The summed E-state index contributed by atoms with van der Waals surface area (Å²) in [6, 6.07) is 9.09. The van der Waals surface area contributed by atoms with E-state index < -0.39 is 54.5 Å². The van der Waals surface area contributed by atoms with Crippen molar-refractivity contribution in [2.45, 2.75) is 24.4 Å². The van der Waals surface area contributed by atoms with Gasteiger partial charge in [0.2, 0.25) is 0 Å². The number of esters is 1. The van der Waals surface area contributed by atoms with Crippen LogP contribution in [0.15, 0.2) is 42.5 Å². The highest BCUT2D eigenvalue weighted by Crippen LogP contribution is 2.48. The number of benzene rings is 2. The van der Waals surface area contributed by atoms with E-state index in [1.165, 1.54) is 18.2 Å². The molecule has 0 atom stereocenters. The predicted molar refractivity (Wildman–Crippen MR) is 98.4 cm³/mol. The zero-order valence-electron chi connectivity index (χ0n) is 16.6. The van der Waals surface area contributed by atoms with Crippen LogP contribution in [0.5, 0.6) is 5.75 Å². The van der Waals surface area contributed by atoms with E-state index in [9.17, 15) is 45.5 Å². The van der Waals surface area contributed by atoms with E-state index in [2.05, 4.69) is 4.74 Å². The van der Waals surface area contributed by atoms with Crippen molar-refractivity contribution in [1.82, 2.24) is 0 Å². The first-order valence-corrected chi connectivity index (χ1v) is 9.20. The molecule has 0 amide bonds. The van der Waals surface area contributed by atoms with Crippen LogP contribution in [-0.4, -0.2) is 53.2 Å². The molecular weight excluding hydrogens is 478 g/mol. The Morgan fingerprint density at radius 2 is 1.29 bits per heavy atom. The molecule has 1 N–H and O–H groups in total. The standard InChI is InChI=1S/C21H12F6O7/c22-20(23,24)19(8-15(28)29,21(25,26)27)34-16(30)9-33-10-5-6-13-14(7-10)18(32)12-4-2-1-3-11(12)17(13)31/h1-7H,8-9H2,(H,28,29). The van der Waals surface area contributed by atoms with E-state index in [0.717, 1.165) is 18.2 Å². The van der Waals surface area contributed by atoms with Crippen molar-refractivity contribution in [2.75, 3.05) is 6.61 Å². The monoisotopic (exact) mass is 490 g/mol. The van der Waals surface area contributed by atoms with Gasteiger partial charge in [-0.1, -0.05) is 24.3 Å². The van der Waals surface area contributed by atoms with Gasteiger partial charge in [-0.25, -0.2) is 4.79 Å². The Hall–Kier alpha value is -3.90. The Morgan fingerprint density at radius 1 is 0.794 bits per heavy atom. The third-order valence-electron chi connectivity index (χ3n) is 4.86. The molecule has 0 aromatic heterocycles. The number of carboxylic acids is 1. The maximum Gasteiger partial charge on any atom is 0.438 e. The Bertz CT molecular complexity index is 1170. The van der Waals surface area contributed by atoms with E-state index in [-0.39, 0.29) is 28.0 Å². The molecule has 0 bridgehead atoms. The molecule has 0 fully saturated rings. The summed E-state index contributed by atoms with van der Waals surface area (Å²) in [4.78, 5) is 47.7. The third kappa shape index (κ3) is 4.32. The predicted octanol–water partition coefficient (Wildman–Crippen LogP) is 3.72. The van der Waals surface area contributed by atoms with Crippen LogP contribution in [0, 0.1) is 0 Å². The maximum absolute atomic E-state index is 13.2. The maximum atomic E-state index is 13.2. The van der Waals surface area contributed by atoms with Gasteiger partial charge < -0.3 is 14.6 Å². The molecule has 0 saturated carbocycles. The number of hydrogen-bond donors (Lipinski definition) is 1. The van der Waals surface area contributed by atoms with Crippen LogP contribution < -0.4 is 4.74 Å². The number of rotatable bonds is 6. The summed E-state index contributed by atoms with van der Waals surface area (Å²) in [7, 11) is 0. The van der Waals surface area contributed by atoms with Crippen molar-refractivity contribution in [1.29, 1.82) is 0 Å². The molecule has 13 heteroatoms. The highest BCUT2D eigenvalue weighted by molar-refractivity contribution is 6.28. The summed E-state index contributed by atoms with van der Waals surface area (Å²) in [5, 5.41) is 8.54. The summed E-state index contributed by atoms with van der Waals surface area (Å²) in [6.45, 7) is -1.48. The molecule has 0 saturated heterocycles. The number of carboxylic acid groups (broad SMARTS) is 1. The minimum atomic E-state index is -6.30. The number of carbonyl (C=O) groups excluding carboxylic acids is 3. The molecule has 0 aliphatic heterocycles. The molecule has 2 aromatic carbocycles. The second-order valence-corrected chi connectivity index (χ2v) is 7.07. The number of ether oxygens (including phenoxy) is 2. The second-order valence-electron chi connectivity index (χ2n) is 7.07. The number of halogens is 6. The van der Waals surface area contributed by atoms with Crippen molar-refractivity contribution in [3.05, 3.63) is 64.7 Å². The smallest absolute Gasteiger partial charge is 0.438 e. The van der Waals surface area contributed by atoms with Crippen LogP contribution in [0.1, 0.15) is 38.3 Å². The quantitative estimate of drug-likeness (QED) is 0.415. The molecule has 1 aliphatic carbocycles. The molecule has 0 spiro atoms. The normalized spacial score (nSPS) is 13.7. The number of ketones is 2. The van der Waals surface area contributed by atoms with Crippen LogP contribution in [0.25, 0.3) is 0 Å². The SMILES string of the molecule is O=C(O)CC(OC(=O)COc1ccc2c(c1)C(=O)c1ccccc1C2=O)(C(F)(F)F)C(F)(F)F. The number of alkyl halides is 6. The summed E-state index contributed by atoms with van der Waals surface area (Å²) in [5.41, 5.74) is -5.25. The van der Waals surface area contributed by atoms with Gasteiger partial charge in [-0.3, -0.25) is 14.4 Å². The summed E-state index contributed by atoms with van der Waals surface area (Å²) < 4.78 is 87.5. The van der Waals surface area contributed by atoms with Gasteiger partial charge in [-0.15, -0.1) is 0 Å². The molecule has 2 aromatic rings. The van der Waals surface area contributed by atoms with Gasteiger partial charge in [-0.2, -0.15) is 26.3 Å². The Balaban J connectivity index is 1.82. The molecule has 0 heterocycles. The molecule has 180 valence electrons. The van der Waals surface area contributed by atoms with Crippen molar-refractivity contribution >= 4 is 23.5 Å². The van der Waals surface area contributed by atoms with Gasteiger partial charge in [0.05, 0.1) is 0 Å². The summed E-state index contributed by atoms with van der Waals surface area (Å²) >= 11 is 0. The van der Waals surface area contributed by atoms with Crippen LogP contribution in [0.4, 0.5) is 26.3 Å². The zero-order valence-corrected chi connectivity index (χ0v) is 16.6. The number of carbonyl (C=O) groups is 4. The number of aliphatic carboxylic acids is 1. The minimum Gasteiger partial charge on any atom is -0.482 e. The van der Waals surface area contributed by atoms with Gasteiger partial charge in [0.25, 0.3) is 0 Å². The fourth-order valence-corrected chi connectivity index (χ4v) is 3.26. The first-order valence-electron chi connectivity index (χ1n) is 9.20. The Labute approximate surface area is 185 Å². The Kier molecular flexibility index (Phi) is 6.16. The molecule has 0 unspecified atom stereocenters. The van der Waals surface area contributed by atoms with E-state index in [0.29, 0.717) is 0 Å². The van der Waals surface area contributed by atoms with Crippen LogP contribution in [0.3, 0.4) is 0 Å². The summed E-state index contributed by atoms with van der Waals surface area (Å²) in [6.07, 6.45) is -15.2. The molecule has 1 aliphatic rings. The highest BCUT2D eigenvalue weighted by Gasteiger charge is 2.75. The first kappa shape index (κ1) is 24.7. The second kappa shape index (κ2) is 8.47. The Morgan fingerprint density at radius 3 is 1.79 bits per heavy atom. The van der Waals surface area contributed by atoms with Gasteiger partial charge >= 0.3 is 29.9 Å². The van der Waals surface area contributed by atoms with Gasteiger partial charge in [0, 0.05) is 22.3 Å². The van der Waals surface area contributed by atoms with Crippen molar-refractivity contribution in [3.63, 3.8) is 0 Å². The topological polar surface area (TPSA) is 107 Å². The molecule has 34 heavy (non-hydrogen) atoms. The fraction of sp³-hybridized carbons (Fsp3) is 0.238. The van der Waals surface area contributed by atoms with E-state index in [4.69, 9.17) is 9.84 Å². The molecule has 0 radical (unpaired) electrons. The average Bonchev–Trinajstić information content (AvgIpc) is 2.73. The van der Waals surface area contributed by atoms with Crippen LogP contribution >= 0.6 is 0 Å². The van der Waals surface area contributed by atoms with E-state index in [1.807, 2.05) is 0 Å². The zero-order chi connectivity index (χ0) is 25.5. The molecule has 7 nitrogen and oxygen atoms in total. The van der Waals surface area contributed by atoms with Gasteiger partial charge in [0.15, 0.2) is 18.2 Å². The first-order chi connectivity index (χ1) is 15.7. The number of hydrogen-bond acceptors (Lipinski definition) is 6. The van der Waals surface area contributed by atoms with Crippen molar-refractivity contribution in [3.8, 4) is 5.75 Å². The average molecular weight is 490 g/mol. The van der Waals surface area contributed by atoms with Crippen LogP contribution in [0.2, 0.25) is 0 Å². The lowest BCUT2D eigenvalue weighted by atomic mass is 9.84. The lowest BCUT2D eigenvalue weighted by molar-refractivity contribution is -0.370. The van der Waals surface area contributed by atoms with Crippen LogP contribution in [-0.2, 0) is 14.3 Å². The molecule has 3 rings (SSSR count). The van der Waals surface area contributed by atoms with Crippen molar-refractivity contribution in [2.24, 2.45) is 0 Å². The van der Waals surface area contributed by atoms with E-state index in [1.54, 1.807) is 6.07 Å². The van der Waals surface area contributed by atoms with E-state index >= 15 is 0 Å². The lowest BCUT2D eigenvalue weighted by Crippen LogP contribution is -2.61. The highest BCUT2D eigenvalue weighted by atomic mass is 19.4. The minimum absolute atomic E-state index is 0.0201. The largest absolute Gasteiger partial charge is 0.482 e. The third-order valence-corrected chi connectivity index (χ3v) is 4.86. The van der Waals surface area contributed by atoms with Gasteiger partial charge in [-0.05, 0) is 18.2 Å². The fourth-order valence-electron chi connectivity index (χ4n) is 3.26. The van der Waals surface area contributed by atoms with Crippen molar-refractivity contribution < 1.29 is 60.1 Å². The number of fused-ring (bicyclic) bond motifs is 2.